The number of carbonyl (C=O) groups excluding carboxylic acids is 4. The maximum absolute atomic E-state index is 14.3. The van der Waals surface area contributed by atoms with Crippen molar-refractivity contribution in [1.29, 1.82) is 0 Å². The molecule has 5 rings (SSSR count). The average Bonchev–Trinajstić information content (AvgIpc) is 3.48. The quantitative estimate of drug-likeness (QED) is 0.346. The Kier molecular flexibility index (Phi) is 7.19. The number of piperidine rings is 1. The van der Waals surface area contributed by atoms with Crippen molar-refractivity contribution in [1.82, 2.24) is 25.1 Å². The number of alkyl halides is 3. The molecule has 3 aromatic rings. The molecule has 2 N–H and O–H groups in total. The number of H-pyrrole nitrogens is 1. The summed E-state index contributed by atoms with van der Waals surface area (Å²) >= 11 is 0. The van der Waals surface area contributed by atoms with Crippen LogP contribution in [0, 0.1) is 11.7 Å². The highest BCUT2D eigenvalue weighted by Crippen LogP contribution is 2.41. The molecule has 1 spiro atoms. The van der Waals surface area contributed by atoms with E-state index < -0.39 is 64.4 Å². The van der Waals surface area contributed by atoms with E-state index in [1.165, 1.54) is 23.0 Å². The van der Waals surface area contributed by atoms with E-state index in [9.17, 15) is 36.7 Å². The SMILES string of the molecule is CC(C)[C@@H](NC(=O)c1cc(C(F)(F)F)ccc1F)C(=O)N1CCC2(CC1)C(=O)N(C)C(=O)N2c1cnc2[nH]ccc2c1. The number of likely N-dealkylation sites (N-methyl/N-ethyl adjacent to an activating group) is 1. The lowest BCUT2D eigenvalue weighted by Gasteiger charge is -2.43. The number of hydrogen-bond acceptors (Lipinski definition) is 5. The molecule has 2 fully saturated rings. The number of carbonyl (C=O) groups is 4. The van der Waals surface area contributed by atoms with Gasteiger partial charge in [0, 0.05) is 31.7 Å². The topological polar surface area (TPSA) is 119 Å². The molecule has 0 radical (unpaired) electrons. The van der Waals surface area contributed by atoms with Gasteiger partial charge in [0.15, 0.2) is 0 Å². The number of aromatic nitrogens is 2. The van der Waals surface area contributed by atoms with Crippen molar-refractivity contribution in [2.75, 3.05) is 25.0 Å². The van der Waals surface area contributed by atoms with Crippen LogP contribution in [0.15, 0.2) is 42.7 Å². The van der Waals surface area contributed by atoms with Gasteiger partial charge in [0.2, 0.25) is 5.91 Å². The predicted octanol–water partition coefficient (Wildman–Crippen LogP) is 3.94. The third-order valence-electron chi connectivity index (χ3n) is 7.91. The zero-order valence-corrected chi connectivity index (χ0v) is 23.0. The van der Waals surface area contributed by atoms with Crippen LogP contribution in [0.5, 0.6) is 0 Å². The normalized spacial score (nSPS) is 18.0. The molecule has 4 heterocycles. The maximum Gasteiger partial charge on any atom is 0.416 e. The molecule has 0 saturated carbocycles. The van der Waals surface area contributed by atoms with Crippen molar-refractivity contribution in [2.45, 2.75) is 44.4 Å². The fourth-order valence-corrected chi connectivity index (χ4v) is 5.58. The van der Waals surface area contributed by atoms with Gasteiger partial charge in [0.1, 0.15) is 23.0 Å². The summed E-state index contributed by atoms with van der Waals surface area (Å²) in [5.74, 6) is -3.76. The molecule has 1 aromatic carbocycles. The highest BCUT2D eigenvalue weighted by atomic mass is 19.4. The number of benzene rings is 1. The predicted molar refractivity (Wildman–Crippen MR) is 143 cm³/mol. The number of aromatic amines is 1. The van der Waals surface area contributed by atoms with Gasteiger partial charge in [-0.1, -0.05) is 13.8 Å². The van der Waals surface area contributed by atoms with Crippen molar-refractivity contribution in [3.63, 3.8) is 0 Å². The summed E-state index contributed by atoms with van der Waals surface area (Å²) in [7, 11) is 1.39. The van der Waals surface area contributed by atoms with Gasteiger partial charge in [-0.25, -0.2) is 14.2 Å². The van der Waals surface area contributed by atoms with E-state index in [4.69, 9.17) is 0 Å². The first kappa shape index (κ1) is 29.0. The summed E-state index contributed by atoms with van der Waals surface area (Å²) in [6.45, 7) is 3.38. The van der Waals surface area contributed by atoms with Gasteiger partial charge in [-0.05, 0) is 49.1 Å². The van der Waals surface area contributed by atoms with Crippen LogP contribution in [-0.2, 0) is 15.8 Å². The Balaban J connectivity index is 1.35. The standard InChI is InChI=1S/C28H28F4N6O4/c1-15(2)21(35-23(39)19-13-17(28(30,31)32)4-5-20(19)29)24(40)37-10-7-27(8-11-37)25(41)36(3)26(42)38(27)18-12-16-6-9-33-22(16)34-14-18/h4-6,9,12-15,21H,7-8,10-11H2,1-3H3,(H,33,34)(H,35,39)/t21-/m1/s1. The second kappa shape index (κ2) is 10.4. The Labute approximate surface area is 237 Å². The number of halogens is 4. The van der Waals surface area contributed by atoms with Gasteiger partial charge < -0.3 is 15.2 Å². The number of likely N-dealkylation sites (tertiary alicyclic amines) is 1. The summed E-state index contributed by atoms with van der Waals surface area (Å²) in [5.41, 5.74) is -2.24. The molecule has 2 aliphatic rings. The molecule has 0 unspecified atom stereocenters. The Morgan fingerprint density at radius 2 is 1.79 bits per heavy atom. The summed E-state index contributed by atoms with van der Waals surface area (Å²) in [6.07, 6.45) is -1.39. The third kappa shape index (κ3) is 4.84. The minimum atomic E-state index is -4.79. The van der Waals surface area contributed by atoms with Crippen LogP contribution in [0.2, 0.25) is 0 Å². The first-order valence-electron chi connectivity index (χ1n) is 13.3. The van der Waals surface area contributed by atoms with Crippen molar-refractivity contribution in [3.05, 3.63) is 59.7 Å². The molecule has 2 saturated heterocycles. The summed E-state index contributed by atoms with van der Waals surface area (Å²) in [5, 5.41) is 3.14. The molecule has 2 aromatic heterocycles. The van der Waals surface area contributed by atoms with Crippen molar-refractivity contribution in [2.24, 2.45) is 5.92 Å². The van der Waals surface area contributed by atoms with E-state index in [1.54, 1.807) is 32.2 Å². The number of amides is 5. The number of rotatable bonds is 5. The summed E-state index contributed by atoms with van der Waals surface area (Å²) in [4.78, 5) is 64.2. The molecule has 5 amide bonds. The Hall–Kier alpha value is -4.49. The van der Waals surface area contributed by atoms with E-state index in [0.29, 0.717) is 29.5 Å². The second-order valence-corrected chi connectivity index (χ2v) is 10.8. The van der Waals surface area contributed by atoms with Gasteiger partial charge in [0.05, 0.1) is 23.0 Å². The minimum Gasteiger partial charge on any atom is -0.346 e. The van der Waals surface area contributed by atoms with E-state index in [0.717, 1.165) is 10.3 Å². The third-order valence-corrected chi connectivity index (χ3v) is 7.91. The monoisotopic (exact) mass is 588 g/mol. The molecular formula is C28H28F4N6O4. The Morgan fingerprint density at radius 3 is 2.43 bits per heavy atom. The van der Waals surface area contributed by atoms with Gasteiger partial charge in [0.25, 0.3) is 11.8 Å². The van der Waals surface area contributed by atoms with Crippen molar-refractivity contribution < 1.29 is 36.7 Å². The molecule has 2 aliphatic heterocycles. The lowest BCUT2D eigenvalue weighted by Crippen LogP contribution is -2.60. The zero-order valence-electron chi connectivity index (χ0n) is 23.0. The second-order valence-electron chi connectivity index (χ2n) is 10.8. The lowest BCUT2D eigenvalue weighted by atomic mass is 9.85. The summed E-state index contributed by atoms with van der Waals surface area (Å²) < 4.78 is 53.8. The molecule has 0 bridgehead atoms. The summed E-state index contributed by atoms with van der Waals surface area (Å²) in [6, 6.07) is 3.33. The van der Waals surface area contributed by atoms with Crippen LogP contribution in [0.4, 0.5) is 28.0 Å². The van der Waals surface area contributed by atoms with Gasteiger partial charge in [-0.3, -0.25) is 24.2 Å². The smallest absolute Gasteiger partial charge is 0.346 e. The fourth-order valence-electron chi connectivity index (χ4n) is 5.58. The lowest BCUT2D eigenvalue weighted by molar-refractivity contribution is -0.139. The molecule has 222 valence electrons. The van der Waals surface area contributed by atoms with Crippen LogP contribution >= 0.6 is 0 Å². The molecule has 42 heavy (non-hydrogen) atoms. The number of anilines is 1. The minimum absolute atomic E-state index is 0.0546. The molecule has 1 atom stereocenters. The molecule has 10 nitrogen and oxygen atoms in total. The number of fused-ring (bicyclic) bond motifs is 1. The van der Waals surface area contributed by atoms with Crippen LogP contribution < -0.4 is 10.2 Å². The van der Waals surface area contributed by atoms with E-state index >= 15 is 0 Å². The molecular weight excluding hydrogens is 560 g/mol. The van der Waals surface area contributed by atoms with Crippen LogP contribution in [0.25, 0.3) is 11.0 Å². The van der Waals surface area contributed by atoms with Crippen LogP contribution in [0.3, 0.4) is 0 Å². The highest BCUT2D eigenvalue weighted by molar-refractivity contribution is 6.17. The van der Waals surface area contributed by atoms with Gasteiger partial charge >= 0.3 is 12.2 Å². The molecule has 0 aliphatic carbocycles. The van der Waals surface area contributed by atoms with Crippen LogP contribution in [-0.4, -0.2) is 75.2 Å². The highest BCUT2D eigenvalue weighted by Gasteiger charge is 2.58. The Bertz CT molecular complexity index is 1580. The number of pyridine rings is 1. The fraction of sp³-hybridized carbons (Fsp3) is 0.393. The van der Waals surface area contributed by atoms with Crippen molar-refractivity contribution >= 4 is 40.5 Å². The maximum atomic E-state index is 14.3. The number of urea groups is 1. The van der Waals surface area contributed by atoms with E-state index in [-0.39, 0.29) is 25.9 Å². The van der Waals surface area contributed by atoms with Crippen molar-refractivity contribution in [3.8, 4) is 0 Å². The first-order valence-corrected chi connectivity index (χ1v) is 13.3. The van der Waals surface area contributed by atoms with Gasteiger partial charge in [-0.15, -0.1) is 0 Å². The number of hydrogen-bond donors (Lipinski definition) is 2. The largest absolute Gasteiger partial charge is 0.416 e. The first-order chi connectivity index (χ1) is 19.7. The van der Waals surface area contributed by atoms with Gasteiger partial charge in [-0.2, -0.15) is 13.2 Å². The number of nitrogens with zero attached hydrogens (tertiary/aromatic N) is 4. The molecule has 14 heteroatoms. The number of imide groups is 1. The Morgan fingerprint density at radius 1 is 1.10 bits per heavy atom. The van der Waals surface area contributed by atoms with E-state index in [1.807, 2.05) is 0 Å². The van der Waals surface area contributed by atoms with Crippen LogP contribution in [0.1, 0.15) is 42.6 Å². The number of nitrogens with one attached hydrogen (secondary N) is 2. The zero-order chi connectivity index (χ0) is 30.6. The van der Waals surface area contributed by atoms with E-state index in [2.05, 4.69) is 15.3 Å². The average molecular weight is 589 g/mol.